The van der Waals surface area contributed by atoms with Gasteiger partial charge in [-0.2, -0.15) is 0 Å². The highest BCUT2D eigenvalue weighted by Crippen LogP contribution is 2.35. The van der Waals surface area contributed by atoms with Gasteiger partial charge in [0, 0.05) is 6.07 Å². The molecule has 0 spiro atoms. The van der Waals surface area contributed by atoms with Gasteiger partial charge in [0.05, 0.1) is 15.9 Å². The summed E-state index contributed by atoms with van der Waals surface area (Å²) in [5.74, 6) is -1.17. The first kappa shape index (κ1) is 12.1. The molecule has 98 valence electrons. The third-order valence-corrected chi connectivity index (χ3v) is 3.29. The Morgan fingerprint density at radius 2 is 1.75 bits per heavy atom. The van der Waals surface area contributed by atoms with Gasteiger partial charge in [-0.15, -0.1) is 0 Å². The fourth-order valence-electron chi connectivity index (χ4n) is 2.46. The van der Waals surface area contributed by atoms with Crippen molar-refractivity contribution in [2.75, 3.05) is 0 Å². The van der Waals surface area contributed by atoms with Crippen LogP contribution in [0.4, 0.5) is 5.69 Å². The van der Waals surface area contributed by atoms with E-state index in [2.05, 4.69) is 0 Å². The largest absolute Gasteiger partial charge is 0.478 e. The van der Waals surface area contributed by atoms with Crippen molar-refractivity contribution in [1.29, 1.82) is 0 Å². The van der Waals surface area contributed by atoms with Crippen LogP contribution in [0.5, 0.6) is 0 Å². The summed E-state index contributed by atoms with van der Waals surface area (Å²) in [7, 11) is 0. The average molecular weight is 267 g/mol. The van der Waals surface area contributed by atoms with Crippen LogP contribution >= 0.6 is 0 Å². The van der Waals surface area contributed by atoms with E-state index in [0.29, 0.717) is 10.8 Å². The second-order valence-electron chi connectivity index (χ2n) is 4.41. The molecule has 0 unspecified atom stereocenters. The van der Waals surface area contributed by atoms with Crippen molar-refractivity contribution in [3.05, 3.63) is 64.2 Å². The summed E-state index contributed by atoms with van der Waals surface area (Å²) < 4.78 is 0. The van der Waals surface area contributed by atoms with Crippen molar-refractivity contribution in [3.8, 4) is 0 Å². The van der Waals surface area contributed by atoms with Gasteiger partial charge in [-0.25, -0.2) is 4.79 Å². The minimum absolute atomic E-state index is 0.0556. The number of hydrogen-bond acceptors (Lipinski definition) is 3. The quantitative estimate of drug-likeness (QED) is 0.437. The molecule has 0 aromatic heterocycles. The summed E-state index contributed by atoms with van der Waals surface area (Å²) in [5.41, 5.74) is -0.239. The Bertz CT molecular complexity index is 870. The van der Waals surface area contributed by atoms with Crippen LogP contribution in [0.15, 0.2) is 48.5 Å². The number of benzene rings is 3. The molecule has 1 N–H and O–H groups in total. The summed E-state index contributed by atoms with van der Waals surface area (Å²) in [5, 5.41) is 22.8. The lowest BCUT2D eigenvalue weighted by molar-refractivity contribution is -0.382. The number of aromatic carboxylic acids is 1. The summed E-state index contributed by atoms with van der Waals surface area (Å²) in [4.78, 5) is 22.0. The lowest BCUT2D eigenvalue weighted by Crippen LogP contribution is -2.00. The molecule has 0 fully saturated rings. The maximum Gasteiger partial charge on any atom is 0.336 e. The minimum Gasteiger partial charge on any atom is -0.478 e. The van der Waals surface area contributed by atoms with Crippen LogP contribution in [0.2, 0.25) is 0 Å². The average Bonchev–Trinajstić information content (AvgIpc) is 2.45. The molecule has 0 radical (unpaired) electrons. The van der Waals surface area contributed by atoms with Crippen molar-refractivity contribution in [2.24, 2.45) is 0 Å². The number of nitrogens with zero attached hydrogens (tertiary/aromatic N) is 1. The van der Waals surface area contributed by atoms with Crippen LogP contribution in [-0.2, 0) is 0 Å². The molecule has 0 saturated carbocycles. The molecule has 0 aliphatic rings. The first-order valence-corrected chi connectivity index (χ1v) is 5.92. The van der Waals surface area contributed by atoms with Crippen molar-refractivity contribution in [1.82, 2.24) is 0 Å². The fraction of sp³-hybridized carbons (Fsp3) is 0. The predicted octanol–water partition coefficient (Wildman–Crippen LogP) is 3.60. The first-order valence-electron chi connectivity index (χ1n) is 5.92. The number of nitro benzene ring substituents is 1. The third-order valence-electron chi connectivity index (χ3n) is 3.29. The van der Waals surface area contributed by atoms with E-state index in [4.69, 9.17) is 0 Å². The monoisotopic (exact) mass is 267 g/mol. The molecule has 0 bridgehead atoms. The van der Waals surface area contributed by atoms with Crippen LogP contribution in [0.25, 0.3) is 21.5 Å². The topological polar surface area (TPSA) is 80.4 Å². The van der Waals surface area contributed by atoms with Gasteiger partial charge in [-0.1, -0.05) is 36.4 Å². The van der Waals surface area contributed by atoms with E-state index < -0.39 is 10.9 Å². The van der Waals surface area contributed by atoms with E-state index >= 15 is 0 Å². The van der Waals surface area contributed by atoms with Gasteiger partial charge in [0.25, 0.3) is 5.69 Å². The number of hydrogen-bond donors (Lipinski definition) is 1. The number of carbonyl (C=O) groups is 1. The van der Waals surface area contributed by atoms with Crippen molar-refractivity contribution in [2.45, 2.75) is 0 Å². The fourth-order valence-corrected chi connectivity index (χ4v) is 2.46. The molecule has 0 aliphatic heterocycles. The molecule has 0 amide bonds. The molecule has 0 atom stereocenters. The lowest BCUT2D eigenvalue weighted by Gasteiger charge is -2.07. The zero-order valence-electron chi connectivity index (χ0n) is 10.2. The van der Waals surface area contributed by atoms with Crippen molar-refractivity contribution >= 4 is 33.2 Å². The Kier molecular flexibility index (Phi) is 2.61. The molecular weight excluding hydrogens is 258 g/mol. The molecule has 5 nitrogen and oxygen atoms in total. The zero-order valence-corrected chi connectivity index (χ0v) is 10.2. The van der Waals surface area contributed by atoms with Crippen LogP contribution in [0, 0.1) is 10.1 Å². The number of non-ortho nitro benzene ring substituents is 1. The smallest absolute Gasteiger partial charge is 0.336 e. The Morgan fingerprint density at radius 3 is 2.45 bits per heavy atom. The van der Waals surface area contributed by atoms with Crippen molar-refractivity contribution < 1.29 is 14.8 Å². The molecule has 3 aromatic rings. The van der Waals surface area contributed by atoms with Gasteiger partial charge < -0.3 is 5.11 Å². The van der Waals surface area contributed by atoms with Crippen LogP contribution in [0.1, 0.15) is 10.4 Å². The van der Waals surface area contributed by atoms with Gasteiger partial charge >= 0.3 is 5.97 Å². The molecule has 20 heavy (non-hydrogen) atoms. The Hall–Kier alpha value is -2.95. The lowest BCUT2D eigenvalue weighted by atomic mass is 9.97. The predicted molar refractivity (Wildman–Crippen MR) is 75.1 cm³/mol. The number of carboxylic acids is 1. The standard InChI is InChI=1S/C15H9NO4/c17-15(18)12-7-3-6-11-10-5-2-1-4-9(10)8-13(14(11)12)16(19)20/h1-8H,(H,17,18). The van der Waals surface area contributed by atoms with Crippen LogP contribution in [-0.4, -0.2) is 16.0 Å². The molecule has 0 saturated heterocycles. The molecule has 3 aromatic carbocycles. The first-order chi connectivity index (χ1) is 9.59. The number of fused-ring (bicyclic) bond motifs is 3. The summed E-state index contributed by atoms with van der Waals surface area (Å²) in [6, 6.07) is 13.3. The molecule has 0 aliphatic carbocycles. The van der Waals surface area contributed by atoms with Gasteiger partial charge in [0.2, 0.25) is 0 Å². The number of rotatable bonds is 2. The Morgan fingerprint density at radius 1 is 1.05 bits per heavy atom. The summed E-state index contributed by atoms with van der Waals surface area (Å²) in [6.07, 6.45) is 0. The third kappa shape index (κ3) is 1.68. The van der Waals surface area contributed by atoms with E-state index in [-0.39, 0.29) is 16.6 Å². The summed E-state index contributed by atoms with van der Waals surface area (Å²) >= 11 is 0. The maximum absolute atomic E-state index is 11.3. The molecule has 5 heteroatoms. The van der Waals surface area contributed by atoms with E-state index in [0.717, 1.165) is 5.39 Å². The van der Waals surface area contributed by atoms with Gasteiger partial charge in [-0.3, -0.25) is 10.1 Å². The van der Waals surface area contributed by atoms with Gasteiger partial charge in [0.1, 0.15) is 0 Å². The number of nitro groups is 1. The Balaban J connectivity index is 2.62. The van der Waals surface area contributed by atoms with E-state index in [1.54, 1.807) is 24.3 Å². The molecule has 3 rings (SSSR count). The van der Waals surface area contributed by atoms with E-state index in [1.807, 2.05) is 12.1 Å². The minimum atomic E-state index is -1.17. The summed E-state index contributed by atoms with van der Waals surface area (Å²) in [6.45, 7) is 0. The number of carboxylic acid groups (broad SMARTS) is 1. The molecule has 0 heterocycles. The Labute approximate surface area is 113 Å². The SMILES string of the molecule is O=C(O)c1cccc2c1c([N+](=O)[O-])cc1ccccc12. The highest BCUT2D eigenvalue weighted by molar-refractivity contribution is 6.17. The van der Waals surface area contributed by atoms with E-state index in [1.165, 1.54) is 12.1 Å². The van der Waals surface area contributed by atoms with Crippen LogP contribution < -0.4 is 0 Å². The normalized spacial score (nSPS) is 10.8. The highest BCUT2D eigenvalue weighted by atomic mass is 16.6. The van der Waals surface area contributed by atoms with E-state index in [9.17, 15) is 20.0 Å². The van der Waals surface area contributed by atoms with Crippen LogP contribution in [0.3, 0.4) is 0 Å². The molecular formula is C15H9NO4. The maximum atomic E-state index is 11.3. The van der Waals surface area contributed by atoms with Gasteiger partial charge in [0.15, 0.2) is 0 Å². The highest BCUT2D eigenvalue weighted by Gasteiger charge is 2.20. The zero-order chi connectivity index (χ0) is 14.3. The second-order valence-corrected chi connectivity index (χ2v) is 4.41. The van der Waals surface area contributed by atoms with Gasteiger partial charge in [-0.05, 0) is 22.2 Å². The van der Waals surface area contributed by atoms with Crippen molar-refractivity contribution in [3.63, 3.8) is 0 Å². The second kappa shape index (κ2) is 4.31.